The molecule has 1 aromatic rings. The molecule has 4 heteroatoms. The minimum absolute atomic E-state index is 0.246. The van der Waals surface area contributed by atoms with Crippen molar-refractivity contribution in [2.75, 3.05) is 6.61 Å². The summed E-state index contributed by atoms with van der Waals surface area (Å²) in [4.78, 5) is 0. The number of hydrogen-bond donors (Lipinski definition) is 0. The van der Waals surface area contributed by atoms with Crippen molar-refractivity contribution in [3.63, 3.8) is 0 Å². The summed E-state index contributed by atoms with van der Waals surface area (Å²) in [6.07, 6.45) is -4.29. The topological polar surface area (TPSA) is 12.5 Å². The normalized spacial score (nSPS) is 25.4. The predicted octanol–water partition coefficient (Wildman–Crippen LogP) is 3.26. The van der Waals surface area contributed by atoms with Crippen LogP contribution in [-0.2, 0) is 16.5 Å². The third-order valence-corrected chi connectivity index (χ3v) is 2.73. The quantitative estimate of drug-likeness (QED) is 0.656. The highest BCUT2D eigenvalue weighted by Crippen LogP contribution is 2.41. The van der Waals surface area contributed by atoms with Gasteiger partial charge in [0.1, 0.15) is 5.60 Å². The van der Waals surface area contributed by atoms with E-state index in [1.807, 2.05) is 0 Å². The Balaban J connectivity index is 2.46. The van der Waals surface area contributed by atoms with Crippen LogP contribution in [0.25, 0.3) is 0 Å². The first kappa shape index (κ1) is 10.5. The highest BCUT2D eigenvalue weighted by Gasteiger charge is 2.43. The zero-order valence-corrected chi connectivity index (χ0v) is 8.48. The summed E-state index contributed by atoms with van der Waals surface area (Å²) in [7, 11) is 0. The van der Waals surface area contributed by atoms with Crippen LogP contribution < -0.4 is 0 Å². The third-order valence-electron chi connectivity index (χ3n) is 2.73. The van der Waals surface area contributed by atoms with E-state index in [1.165, 1.54) is 19.1 Å². The largest absolute Gasteiger partial charge is 0.416 e. The first-order chi connectivity index (χ1) is 6.83. The molecule has 1 aliphatic heterocycles. The predicted molar refractivity (Wildman–Crippen MR) is 49.5 cm³/mol. The lowest BCUT2D eigenvalue weighted by atomic mass is 9.97. The van der Waals surface area contributed by atoms with E-state index in [4.69, 9.17) is 4.74 Å². The first-order valence-corrected chi connectivity index (χ1v) is 4.65. The summed E-state index contributed by atoms with van der Waals surface area (Å²) in [5.74, 6) is 0. The summed E-state index contributed by atoms with van der Waals surface area (Å²) in [5.41, 5.74) is -0.235. The summed E-state index contributed by atoms with van der Waals surface area (Å²) in [6.45, 7) is 3.74. The summed E-state index contributed by atoms with van der Waals surface area (Å²) in [6, 6.07) is 4.37. The van der Waals surface area contributed by atoms with Gasteiger partial charge in [0.05, 0.1) is 12.2 Å². The van der Waals surface area contributed by atoms with Crippen LogP contribution in [0.2, 0.25) is 0 Å². The van der Waals surface area contributed by atoms with Crippen LogP contribution in [0.5, 0.6) is 0 Å². The average molecular weight is 216 g/mol. The van der Waals surface area contributed by atoms with Crippen molar-refractivity contribution in [2.45, 2.75) is 25.6 Å². The molecule has 1 saturated heterocycles. The highest BCUT2D eigenvalue weighted by molar-refractivity contribution is 5.37. The monoisotopic (exact) mass is 216 g/mol. The molecule has 0 amide bonds. The van der Waals surface area contributed by atoms with E-state index < -0.39 is 17.3 Å². The number of benzene rings is 1. The van der Waals surface area contributed by atoms with Crippen LogP contribution in [0.4, 0.5) is 13.2 Å². The Morgan fingerprint density at radius 3 is 2.40 bits per heavy atom. The number of aryl methyl sites for hydroxylation is 1. The van der Waals surface area contributed by atoms with Gasteiger partial charge < -0.3 is 4.74 Å². The molecular formula is C11H11F3O. The van der Waals surface area contributed by atoms with E-state index in [0.29, 0.717) is 12.2 Å². The van der Waals surface area contributed by atoms with Crippen molar-refractivity contribution in [2.24, 2.45) is 0 Å². The van der Waals surface area contributed by atoms with Gasteiger partial charge in [0, 0.05) is 0 Å². The fourth-order valence-electron chi connectivity index (χ4n) is 1.53. The van der Waals surface area contributed by atoms with Gasteiger partial charge in [-0.05, 0) is 31.0 Å². The van der Waals surface area contributed by atoms with Gasteiger partial charge in [-0.25, -0.2) is 0 Å². The molecule has 1 fully saturated rings. The molecule has 0 bridgehead atoms. The van der Waals surface area contributed by atoms with Crippen LogP contribution >= 0.6 is 0 Å². The minimum Gasteiger partial charge on any atom is -0.365 e. The van der Waals surface area contributed by atoms with Crippen LogP contribution in [0.15, 0.2) is 18.2 Å². The lowest BCUT2D eigenvalue weighted by Crippen LogP contribution is -2.11. The average Bonchev–Trinajstić information content (AvgIpc) is 2.83. The maximum absolute atomic E-state index is 12.6. The Kier molecular flexibility index (Phi) is 2.08. The molecule has 15 heavy (non-hydrogen) atoms. The second kappa shape index (κ2) is 2.98. The first-order valence-electron chi connectivity index (χ1n) is 4.65. The molecule has 1 atom stereocenters. The van der Waals surface area contributed by atoms with Crippen molar-refractivity contribution in [1.29, 1.82) is 0 Å². The summed E-state index contributed by atoms with van der Waals surface area (Å²) >= 11 is 0. The molecule has 1 aromatic carbocycles. The molecule has 1 unspecified atom stereocenters. The molecule has 0 saturated carbocycles. The Morgan fingerprint density at radius 2 is 1.93 bits per heavy atom. The van der Waals surface area contributed by atoms with E-state index in [0.717, 1.165) is 0 Å². The van der Waals surface area contributed by atoms with Crippen LogP contribution in [0.1, 0.15) is 23.6 Å². The molecule has 2 rings (SSSR count). The van der Waals surface area contributed by atoms with Gasteiger partial charge >= 0.3 is 6.18 Å². The SMILES string of the molecule is Cc1ccc(C2(C)CO2)cc1C(F)(F)F. The van der Waals surface area contributed by atoms with Gasteiger partial charge in [0.15, 0.2) is 0 Å². The zero-order chi connectivity index (χ0) is 11.3. The van der Waals surface area contributed by atoms with Crippen LogP contribution in [0.3, 0.4) is 0 Å². The zero-order valence-electron chi connectivity index (χ0n) is 8.48. The van der Waals surface area contributed by atoms with Crippen molar-refractivity contribution in [3.8, 4) is 0 Å². The second-order valence-electron chi connectivity index (χ2n) is 4.05. The smallest absolute Gasteiger partial charge is 0.365 e. The van der Waals surface area contributed by atoms with Gasteiger partial charge in [0.25, 0.3) is 0 Å². The van der Waals surface area contributed by atoms with E-state index in [-0.39, 0.29) is 5.56 Å². The maximum Gasteiger partial charge on any atom is 0.416 e. The molecule has 0 N–H and O–H groups in total. The fourth-order valence-corrected chi connectivity index (χ4v) is 1.53. The Bertz CT molecular complexity index is 391. The number of ether oxygens (including phenoxy) is 1. The van der Waals surface area contributed by atoms with Gasteiger partial charge in [-0.2, -0.15) is 13.2 Å². The summed E-state index contributed by atoms with van der Waals surface area (Å²) < 4.78 is 42.9. The van der Waals surface area contributed by atoms with Crippen molar-refractivity contribution in [3.05, 3.63) is 34.9 Å². The fraction of sp³-hybridized carbons (Fsp3) is 0.455. The van der Waals surface area contributed by atoms with Crippen molar-refractivity contribution >= 4 is 0 Å². The van der Waals surface area contributed by atoms with Gasteiger partial charge in [0.2, 0.25) is 0 Å². The molecule has 0 radical (unpaired) electrons. The molecule has 1 aliphatic rings. The molecule has 1 nitrogen and oxygen atoms in total. The Labute approximate surface area is 85.9 Å². The molecule has 0 spiro atoms. The number of hydrogen-bond acceptors (Lipinski definition) is 1. The lowest BCUT2D eigenvalue weighted by Gasteiger charge is -2.13. The lowest BCUT2D eigenvalue weighted by molar-refractivity contribution is -0.138. The molecule has 82 valence electrons. The molecule has 0 aliphatic carbocycles. The van der Waals surface area contributed by atoms with E-state index >= 15 is 0 Å². The third kappa shape index (κ3) is 1.86. The summed E-state index contributed by atoms with van der Waals surface area (Å²) in [5, 5.41) is 0. The number of alkyl halides is 3. The van der Waals surface area contributed by atoms with Crippen LogP contribution in [0, 0.1) is 6.92 Å². The standard InChI is InChI=1S/C11H11F3O/c1-7-3-4-8(10(2)6-15-10)5-9(7)11(12,13)14/h3-5H,6H2,1-2H3. The minimum atomic E-state index is -4.29. The Hall–Kier alpha value is -1.03. The van der Waals surface area contributed by atoms with Crippen LogP contribution in [-0.4, -0.2) is 6.61 Å². The van der Waals surface area contributed by atoms with E-state index in [1.54, 1.807) is 13.0 Å². The van der Waals surface area contributed by atoms with Gasteiger partial charge in [-0.15, -0.1) is 0 Å². The van der Waals surface area contributed by atoms with E-state index in [2.05, 4.69) is 0 Å². The molecule has 1 heterocycles. The number of epoxide rings is 1. The molecular weight excluding hydrogens is 205 g/mol. The van der Waals surface area contributed by atoms with Crippen molar-refractivity contribution in [1.82, 2.24) is 0 Å². The number of rotatable bonds is 1. The second-order valence-corrected chi connectivity index (χ2v) is 4.05. The highest BCUT2D eigenvalue weighted by atomic mass is 19.4. The van der Waals surface area contributed by atoms with Gasteiger partial charge in [-0.3, -0.25) is 0 Å². The number of halogens is 3. The Morgan fingerprint density at radius 1 is 1.33 bits per heavy atom. The molecule has 0 aromatic heterocycles. The van der Waals surface area contributed by atoms with Gasteiger partial charge in [-0.1, -0.05) is 12.1 Å². The van der Waals surface area contributed by atoms with E-state index in [9.17, 15) is 13.2 Å². The van der Waals surface area contributed by atoms with Crippen molar-refractivity contribution < 1.29 is 17.9 Å². The maximum atomic E-state index is 12.6.